The van der Waals surface area contributed by atoms with Gasteiger partial charge in [-0.2, -0.15) is 13.2 Å². The molecule has 1 nitrogen and oxygen atoms in total. The summed E-state index contributed by atoms with van der Waals surface area (Å²) in [5, 5.41) is 0. The summed E-state index contributed by atoms with van der Waals surface area (Å²) in [5.74, 6) is -0.220. The highest BCUT2D eigenvalue weighted by Crippen LogP contribution is 2.46. The number of halogens is 5. The summed E-state index contributed by atoms with van der Waals surface area (Å²) in [4.78, 5) is 0. The van der Waals surface area contributed by atoms with Crippen LogP contribution in [0.1, 0.15) is 39.0 Å². The van der Waals surface area contributed by atoms with Crippen LogP contribution in [0.3, 0.4) is 0 Å². The number of hydrogen-bond acceptors (Lipinski definition) is 3. The van der Waals surface area contributed by atoms with Crippen molar-refractivity contribution in [3.63, 3.8) is 0 Å². The van der Waals surface area contributed by atoms with E-state index in [-0.39, 0.29) is 22.1 Å². The third-order valence-corrected chi connectivity index (χ3v) is 7.57. The molecule has 21 heavy (non-hydrogen) atoms. The second-order valence-electron chi connectivity index (χ2n) is 5.90. The first-order valence-electron chi connectivity index (χ1n) is 7.19. The molecule has 124 valence electrons. The Morgan fingerprint density at radius 2 is 1.86 bits per heavy atom. The van der Waals surface area contributed by atoms with E-state index in [4.69, 9.17) is 11.6 Å². The third kappa shape index (κ3) is 5.08. The summed E-state index contributed by atoms with van der Waals surface area (Å²) in [6.45, 7) is 2.01. The van der Waals surface area contributed by atoms with Crippen LogP contribution in [0, 0.1) is 11.8 Å². The van der Waals surface area contributed by atoms with Crippen molar-refractivity contribution in [2.75, 3.05) is 0 Å². The lowest BCUT2D eigenvalue weighted by molar-refractivity contribution is -0.165. The minimum Gasteiger partial charge on any atom is -0.251 e. The Labute approximate surface area is 136 Å². The average Bonchev–Trinajstić information content (AvgIpc) is 2.69. The van der Waals surface area contributed by atoms with Crippen LogP contribution in [0.25, 0.3) is 0 Å². The lowest BCUT2D eigenvalue weighted by atomic mass is 9.83. The molecule has 1 aliphatic carbocycles. The SMILES string of the molecule is CC1CC(SNC(C2CCC(F)CC2)C(F)(F)F)SC1Cl. The van der Waals surface area contributed by atoms with E-state index in [0.29, 0.717) is 18.8 Å². The zero-order valence-corrected chi connectivity index (χ0v) is 14.1. The van der Waals surface area contributed by atoms with Crippen LogP contribution in [0.15, 0.2) is 0 Å². The van der Waals surface area contributed by atoms with Gasteiger partial charge in [-0.05, 0) is 43.9 Å². The topological polar surface area (TPSA) is 12.0 Å². The minimum absolute atomic E-state index is 0.0318. The highest BCUT2D eigenvalue weighted by Gasteiger charge is 2.46. The smallest absolute Gasteiger partial charge is 0.251 e. The van der Waals surface area contributed by atoms with Gasteiger partial charge in [0.1, 0.15) is 12.2 Å². The fourth-order valence-electron chi connectivity index (χ4n) is 2.81. The van der Waals surface area contributed by atoms with Gasteiger partial charge in [-0.15, -0.1) is 23.4 Å². The van der Waals surface area contributed by atoms with E-state index >= 15 is 0 Å². The van der Waals surface area contributed by atoms with Gasteiger partial charge in [0.25, 0.3) is 0 Å². The molecular formula is C13H20ClF4NS2. The van der Waals surface area contributed by atoms with Crippen molar-refractivity contribution in [2.24, 2.45) is 11.8 Å². The van der Waals surface area contributed by atoms with Gasteiger partial charge in [0.05, 0.1) is 9.29 Å². The highest BCUT2D eigenvalue weighted by molar-refractivity contribution is 8.17. The van der Waals surface area contributed by atoms with Crippen LogP contribution in [-0.4, -0.2) is 27.7 Å². The molecule has 4 atom stereocenters. The summed E-state index contributed by atoms with van der Waals surface area (Å²) < 4.78 is 55.4. The number of alkyl halides is 5. The number of nitrogens with one attached hydrogen (secondary N) is 1. The van der Waals surface area contributed by atoms with Crippen molar-refractivity contribution in [3.05, 3.63) is 0 Å². The van der Waals surface area contributed by atoms with E-state index in [2.05, 4.69) is 4.72 Å². The van der Waals surface area contributed by atoms with Crippen LogP contribution in [0.4, 0.5) is 17.6 Å². The molecule has 0 aromatic carbocycles. The standard InChI is InChI=1S/C13H20ClF4NS2/c1-7-6-10(20-12(7)14)21-19-11(13(16,17)18)8-2-4-9(15)5-3-8/h7-12,19H,2-6H2,1H3. The van der Waals surface area contributed by atoms with Crippen molar-refractivity contribution in [2.45, 2.75) is 66.7 Å². The molecule has 1 aliphatic heterocycles. The van der Waals surface area contributed by atoms with Gasteiger partial charge >= 0.3 is 6.18 Å². The summed E-state index contributed by atoms with van der Waals surface area (Å²) in [5.41, 5.74) is 0. The molecule has 2 rings (SSSR count). The predicted octanol–water partition coefficient (Wildman–Crippen LogP) is 5.35. The summed E-state index contributed by atoms with van der Waals surface area (Å²) in [6.07, 6.45) is -3.36. The molecule has 4 unspecified atom stereocenters. The molecule has 0 radical (unpaired) electrons. The fourth-order valence-corrected chi connectivity index (χ4v) is 6.33. The first-order valence-corrected chi connectivity index (χ1v) is 9.44. The normalized spacial score (nSPS) is 39.4. The molecule has 1 saturated carbocycles. The average molecular weight is 366 g/mol. The maximum absolute atomic E-state index is 13.2. The summed E-state index contributed by atoms with van der Waals surface area (Å²) >= 11 is 8.73. The molecule has 0 amide bonds. The summed E-state index contributed by atoms with van der Waals surface area (Å²) in [6, 6.07) is -1.56. The Balaban J connectivity index is 1.88. The van der Waals surface area contributed by atoms with E-state index in [9.17, 15) is 17.6 Å². The molecular weight excluding hydrogens is 346 g/mol. The van der Waals surface area contributed by atoms with Crippen molar-refractivity contribution in [1.29, 1.82) is 0 Å². The first-order chi connectivity index (χ1) is 9.77. The Kier molecular flexibility index (Phi) is 6.43. The maximum Gasteiger partial charge on any atom is 0.404 e. The van der Waals surface area contributed by atoms with Gasteiger partial charge in [-0.3, -0.25) is 4.72 Å². The zero-order valence-electron chi connectivity index (χ0n) is 11.7. The highest BCUT2D eigenvalue weighted by atomic mass is 35.5. The van der Waals surface area contributed by atoms with E-state index in [1.54, 1.807) is 0 Å². The molecule has 8 heteroatoms. The van der Waals surface area contributed by atoms with Gasteiger partial charge in [-0.25, -0.2) is 4.39 Å². The number of rotatable bonds is 4. The van der Waals surface area contributed by atoms with Crippen LogP contribution < -0.4 is 4.72 Å². The fraction of sp³-hybridized carbons (Fsp3) is 1.00. The Hall–Kier alpha value is 0.670. The lowest BCUT2D eigenvalue weighted by Crippen LogP contribution is -2.46. The Morgan fingerprint density at radius 1 is 1.24 bits per heavy atom. The van der Waals surface area contributed by atoms with Crippen LogP contribution in [0.2, 0.25) is 0 Å². The molecule has 0 bridgehead atoms. The third-order valence-electron chi connectivity index (χ3n) is 4.15. The van der Waals surface area contributed by atoms with Crippen molar-refractivity contribution in [1.82, 2.24) is 4.72 Å². The molecule has 1 heterocycles. The quantitative estimate of drug-likeness (QED) is 0.410. The van der Waals surface area contributed by atoms with Crippen molar-refractivity contribution >= 4 is 35.3 Å². The van der Waals surface area contributed by atoms with E-state index in [1.807, 2.05) is 6.92 Å². The number of hydrogen-bond donors (Lipinski definition) is 1. The molecule has 0 aromatic rings. The largest absolute Gasteiger partial charge is 0.404 e. The van der Waals surface area contributed by atoms with Crippen molar-refractivity contribution in [3.8, 4) is 0 Å². The van der Waals surface area contributed by atoms with E-state index in [0.717, 1.165) is 18.4 Å². The molecule has 2 aliphatic rings. The van der Waals surface area contributed by atoms with Crippen LogP contribution >= 0.6 is 35.3 Å². The molecule has 0 aromatic heterocycles. The van der Waals surface area contributed by atoms with Crippen LogP contribution in [0.5, 0.6) is 0 Å². The Bertz CT molecular complexity index is 327. The predicted molar refractivity (Wildman–Crippen MR) is 82.2 cm³/mol. The zero-order chi connectivity index (χ0) is 15.6. The van der Waals surface area contributed by atoms with Gasteiger partial charge in [-0.1, -0.05) is 18.9 Å². The van der Waals surface area contributed by atoms with Crippen molar-refractivity contribution < 1.29 is 17.6 Å². The Morgan fingerprint density at radius 3 is 2.33 bits per heavy atom. The van der Waals surface area contributed by atoms with Gasteiger partial charge < -0.3 is 0 Å². The molecule has 0 spiro atoms. The van der Waals surface area contributed by atoms with Gasteiger partial charge in [0.2, 0.25) is 0 Å². The monoisotopic (exact) mass is 365 g/mol. The van der Waals surface area contributed by atoms with E-state index < -0.39 is 24.3 Å². The first kappa shape index (κ1) is 18.0. The lowest BCUT2D eigenvalue weighted by Gasteiger charge is -2.33. The molecule has 1 N–H and O–H groups in total. The van der Waals surface area contributed by atoms with Gasteiger partial charge in [0, 0.05) is 0 Å². The second kappa shape index (κ2) is 7.49. The maximum atomic E-state index is 13.2. The van der Waals surface area contributed by atoms with Crippen LogP contribution in [-0.2, 0) is 0 Å². The number of thioether (sulfide) groups is 1. The van der Waals surface area contributed by atoms with Gasteiger partial charge in [0.15, 0.2) is 0 Å². The second-order valence-corrected chi connectivity index (χ2v) is 9.31. The summed E-state index contributed by atoms with van der Waals surface area (Å²) in [7, 11) is 0. The minimum atomic E-state index is -4.30. The molecule has 2 fully saturated rings. The van der Waals surface area contributed by atoms with E-state index in [1.165, 1.54) is 11.8 Å². The molecule has 1 saturated heterocycles.